The van der Waals surface area contributed by atoms with E-state index in [1.807, 2.05) is 0 Å². The molecule has 0 aliphatic carbocycles. The van der Waals surface area contributed by atoms with Gasteiger partial charge in [0.15, 0.2) is 0 Å². The molecule has 21 heavy (non-hydrogen) atoms. The van der Waals surface area contributed by atoms with Crippen LogP contribution in [0.4, 0.5) is 14.9 Å². The van der Waals surface area contributed by atoms with Gasteiger partial charge in [-0.1, -0.05) is 13.8 Å². The number of amides is 3. The summed E-state index contributed by atoms with van der Waals surface area (Å²) in [5.74, 6) is -3.07. The Morgan fingerprint density at radius 3 is 2.33 bits per heavy atom. The molecule has 8 heteroatoms. The van der Waals surface area contributed by atoms with Gasteiger partial charge in [-0.3, -0.25) is 4.79 Å². The average molecular weight is 297 g/mol. The second-order valence-electron chi connectivity index (χ2n) is 4.72. The van der Waals surface area contributed by atoms with Crippen molar-refractivity contribution < 1.29 is 23.9 Å². The molecule has 0 aromatic heterocycles. The summed E-state index contributed by atoms with van der Waals surface area (Å²) in [5, 5.41) is 13.3. The number of rotatable bonds is 5. The summed E-state index contributed by atoms with van der Waals surface area (Å²) in [5.41, 5.74) is 4.56. The lowest BCUT2D eigenvalue weighted by molar-refractivity contribution is -0.118. The van der Waals surface area contributed by atoms with Gasteiger partial charge in [-0.2, -0.15) is 0 Å². The van der Waals surface area contributed by atoms with Crippen LogP contribution < -0.4 is 16.4 Å². The highest BCUT2D eigenvalue weighted by Crippen LogP contribution is 2.17. The van der Waals surface area contributed by atoms with E-state index >= 15 is 0 Å². The summed E-state index contributed by atoms with van der Waals surface area (Å²) in [6.07, 6.45) is 0. The van der Waals surface area contributed by atoms with Crippen molar-refractivity contribution in [2.75, 3.05) is 5.32 Å². The van der Waals surface area contributed by atoms with E-state index in [0.29, 0.717) is 0 Å². The van der Waals surface area contributed by atoms with Crippen molar-refractivity contribution >= 4 is 23.6 Å². The van der Waals surface area contributed by atoms with Gasteiger partial charge in [-0.15, -0.1) is 0 Å². The minimum absolute atomic E-state index is 0.179. The number of hydrogen-bond acceptors (Lipinski definition) is 3. The maximum atomic E-state index is 13.7. The van der Waals surface area contributed by atoms with Gasteiger partial charge in [0.25, 0.3) is 0 Å². The SMILES string of the molecule is CC(C)C(NC(N)=O)C(=O)Nc1ccc(C(=O)O)cc1F. The number of carboxylic acid groups (broad SMARTS) is 1. The quantitative estimate of drug-likeness (QED) is 0.651. The lowest BCUT2D eigenvalue weighted by Gasteiger charge is -2.20. The van der Waals surface area contributed by atoms with Crippen LogP contribution in [0, 0.1) is 11.7 Å². The number of carbonyl (C=O) groups is 3. The number of nitrogens with one attached hydrogen (secondary N) is 2. The Labute approximate surface area is 120 Å². The molecule has 0 saturated carbocycles. The lowest BCUT2D eigenvalue weighted by Crippen LogP contribution is -2.49. The molecule has 0 bridgehead atoms. The maximum Gasteiger partial charge on any atom is 0.335 e. The number of aromatic carboxylic acids is 1. The molecule has 114 valence electrons. The Hall–Kier alpha value is -2.64. The number of halogens is 1. The molecule has 5 N–H and O–H groups in total. The normalized spacial score (nSPS) is 11.8. The molecule has 0 saturated heterocycles. The van der Waals surface area contributed by atoms with Crippen molar-refractivity contribution in [2.24, 2.45) is 11.7 Å². The monoisotopic (exact) mass is 297 g/mol. The van der Waals surface area contributed by atoms with Crippen LogP contribution in [-0.4, -0.2) is 29.1 Å². The van der Waals surface area contributed by atoms with Gasteiger partial charge in [-0.05, 0) is 24.1 Å². The molecule has 1 aromatic rings. The summed E-state index contributed by atoms with van der Waals surface area (Å²) < 4.78 is 13.7. The van der Waals surface area contributed by atoms with Gasteiger partial charge in [-0.25, -0.2) is 14.0 Å². The van der Waals surface area contributed by atoms with Crippen LogP contribution in [0.1, 0.15) is 24.2 Å². The molecule has 7 nitrogen and oxygen atoms in total. The van der Waals surface area contributed by atoms with E-state index in [1.54, 1.807) is 13.8 Å². The van der Waals surface area contributed by atoms with E-state index in [1.165, 1.54) is 0 Å². The fourth-order valence-corrected chi connectivity index (χ4v) is 1.65. The molecular formula is C13H16FN3O4. The third kappa shape index (κ3) is 4.44. The third-order valence-electron chi connectivity index (χ3n) is 2.72. The Morgan fingerprint density at radius 2 is 1.90 bits per heavy atom. The van der Waals surface area contributed by atoms with Crippen molar-refractivity contribution in [1.29, 1.82) is 0 Å². The minimum Gasteiger partial charge on any atom is -0.478 e. The number of primary amides is 1. The molecule has 1 unspecified atom stereocenters. The van der Waals surface area contributed by atoms with E-state index in [-0.39, 0.29) is 17.2 Å². The second-order valence-corrected chi connectivity index (χ2v) is 4.72. The van der Waals surface area contributed by atoms with E-state index < -0.39 is 29.8 Å². The van der Waals surface area contributed by atoms with Crippen LogP contribution in [0.25, 0.3) is 0 Å². The zero-order valence-electron chi connectivity index (χ0n) is 11.5. The van der Waals surface area contributed by atoms with E-state index in [4.69, 9.17) is 10.8 Å². The maximum absolute atomic E-state index is 13.7. The number of anilines is 1. The van der Waals surface area contributed by atoms with Gasteiger partial charge in [0.2, 0.25) is 5.91 Å². The van der Waals surface area contributed by atoms with Crippen LogP contribution in [0.3, 0.4) is 0 Å². The Kier molecular flexibility index (Phi) is 5.23. The first-order valence-corrected chi connectivity index (χ1v) is 6.12. The molecule has 3 amide bonds. The number of carboxylic acids is 1. The van der Waals surface area contributed by atoms with Gasteiger partial charge in [0.1, 0.15) is 11.9 Å². The molecule has 0 fully saturated rings. The first kappa shape index (κ1) is 16.4. The Balaban J connectivity index is 2.91. The lowest BCUT2D eigenvalue weighted by atomic mass is 10.0. The number of benzene rings is 1. The zero-order valence-corrected chi connectivity index (χ0v) is 11.5. The summed E-state index contributed by atoms with van der Waals surface area (Å²) in [7, 11) is 0. The molecule has 1 atom stereocenters. The Morgan fingerprint density at radius 1 is 1.29 bits per heavy atom. The first-order valence-electron chi connectivity index (χ1n) is 6.12. The molecule has 0 radical (unpaired) electrons. The van der Waals surface area contributed by atoms with Crippen LogP contribution in [-0.2, 0) is 4.79 Å². The summed E-state index contributed by atoms with van der Waals surface area (Å²) in [6.45, 7) is 3.37. The van der Waals surface area contributed by atoms with Crippen LogP contribution >= 0.6 is 0 Å². The Bertz CT molecular complexity index is 575. The highest BCUT2D eigenvalue weighted by molar-refractivity contribution is 5.97. The number of nitrogens with two attached hydrogens (primary N) is 1. The van der Waals surface area contributed by atoms with Crippen molar-refractivity contribution in [2.45, 2.75) is 19.9 Å². The fraction of sp³-hybridized carbons (Fsp3) is 0.308. The number of hydrogen-bond donors (Lipinski definition) is 4. The van der Waals surface area contributed by atoms with Crippen molar-refractivity contribution in [1.82, 2.24) is 5.32 Å². The van der Waals surface area contributed by atoms with Crippen LogP contribution in [0.5, 0.6) is 0 Å². The van der Waals surface area contributed by atoms with Gasteiger partial charge < -0.3 is 21.5 Å². The summed E-state index contributed by atoms with van der Waals surface area (Å²) >= 11 is 0. The van der Waals surface area contributed by atoms with Crippen molar-refractivity contribution in [3.63, 3.8) is 0 Å². The summed E-state index contributed by atoms with van der Waals surface area (Å²) in [6, 6.07) is 1.29. The predicted octanol–water partition coefficient (Wildman–Crippen LogP) is 1.16. The standard InChI is InChI=1S/C13H16FN3O4/c1-6(2)10(17-13(15)21)11(18)16-9-4-3-7(12(19)20)5-8(9)14/h3-6,10H,1-2H3,(H,16,18)(H,19,20)(H3,15,17,21). The second kappa shape index (κ2) is 6.69. The van der Waals surface area contributed by atoms with Crippen LogP contribution in [0.15, 0.2) is 18.2 Å². The molecule has 0 aliphatic heterocycles. The molecule has 1 rings (SSSR count). The molecule has 0 spiro atoms. The highest BCUT2D eigenvalue weighted by atomic mass is 19.1. The largest absolute Gasteiger partial charge is 0.478 e. The molecule has 0 aliphatic rings. The summed E-state index contributed by atoms with van der Waals surface area (Å²) in [4.78, 5) is 33.5. The van der Waals surface area contributed by atoms with Crippen LogP contribution in [0.2, 0.25) is 0 Å². The van der Waals surface area contributed by atoms with E-state index in [2.05, 4.69) is 10.6 Å². The van der Waals surface area contributed by atoms with Gasteiger partial charge >= 0.3 is 12.0 Å². The zero-order chi connectivity index (χ0) is 16.2. The van der Waals surface area contributed by atoms with Gasteiger partial charge in [0, 0.05) is 0 Å². The minimum atomic E-state index is -1.28. The first-order chi connectivity index (χ1) is 9.72. The number of urea groups is 1. The third-order valence-corrected chi connectivity index (χ3v) is 2.72. The van der Waals surface area contributed by atoms with E-state index in [9.17, 15) is 18.8 Å². The topological polar surface area (TPSA) is 122 Å². The van der Waals surface area contributed by atoms with Crippen molar-refractivity contribution in [3.8, 4) is 0 Å². The van der Waals surface area contributed by atoms with Crippen molar-refractivity contribution in [3.05, 3.63) is 29.6 Å². The molecule has 0 heterocycles. The van der Waals surface area contributed by atoms with E-state index in [0.717, 1.165) is 18.2 Å². The fourth-order valence-electron chi connectivity index (χ4n) is 1.65. The smallest absolute Gasteiger partial charge is 0.335 e. The molecular weight excluding hydrogens is 281 g/mol. The predicted molar refractivity (Wildman–Crippen MR) is 73.3 cm³/mol. The molecule has 1 aromatic carbocycles. The highest BCUT2D eigenvalue weighted by Gasteiger charge is 2.24. The van der Waals surface area contributed by atoms with Gasteiger partial charge in [0.05, 0.1) is 11.3 Å². The average Bonchev–Trinajstić information content (AvgIpc) is 2.37. The number of carbonyl (C=O) groups excluding carboxylic acids is 2.